The van der Waals surface area contributed by atoms with Gasteiger partial charge in [-0.3, -0.25) is 4.98 Å². The molecule has 0 aliphatic carbocycles. The van der Waals surface area contributed by atoms with E-state index in [4.69, 9.17) is 9.47 Å². The molecule has 0 unspecified atom stereocenters. The molecule has 3 aromatic rings. The number of H-pyrrole nitrogens is 1. The van der Waals surface area contributed by atoms with Crippen LogP contribution < -0.4 is 14.8 Å². The van der Waals surface area contributed by atoms with Crippen LogP contribution in [0.3, 0.4) is 0 Å². The van der Waals surface area contributed by atoms with Crippen LogP contribution in [-0.2, 0) is 6.42 Å². The van der Waals surface area contributed by atoms with Gasteiger partial charge in [0.2, 0.25) is 0 Å². The molecule has 0 aliphatic rings. The number of pyridine rings is 1. The topological polar surface area (TPSA) is 59.2 Å². The van der Waals surface area contributed by atoms with Gasteiger partial charge in [0.1, 0.15) is 11.5 Å². The fraction of sp³-hybridized carbons (Fsp3) is 0.316. The molecule has 126 valence electrons. The highest BCUT2D eigenvalue weighted by atomic mass is 16.5. The van der Waals surface area contributed by atoms with Crippen molar-refractivity contribution in [1.29, 1.82) is 0 Å². The third kappa shape index (κ3) is 3.62. The third-order valence-electron chi connectivity index (χ3n) is 4.03. The number of nitrogens with one attached hydrogen (secondary N) is 2. The van der Waals surface area contributed by atoms with Crippen LogP contribution in [0, 0.1) is 6.92 Å². The molecule has 0 aliphatic heterocycles. The van der Waals surface area contributed by atoms with Gasteiger partial charge in [0.25, 0.3) is 0 Å². The van der Waals surface area contributed by atoms with Crippen LogP contribution in [0.5, 0.6) is 11.5 Å². The Labute approximate surface area is 142 Å². The molecule has 0 spiro atoms. The zero-order chi connectivity index (χ0) is 16.9. The van der Waals surface area contributed by atoms with Crippen LogP contribution in [0.4, 0.5) is 5.69 Å². The van der Waals surface area contributed by atoms with Crippen molar-refractivity contribution in [3.8, 4) is 11.5 Å². The summed E-state index contributed by atoms with van der Waals surface area (Å²) in [5.41, 5.74) is 4.38. The fourth-order valence-corrected chi connectivity index (χ4v) is 2.83. The monoisotopic (exact) mass is 325 g/mol. The SMILES string of the molecule is COc1cc(OC)c2cc(CCCNc3ccnc(C)c3)[nH]c2c1. The van der Waals surface area contributed by atoms with E-state index in [-0.39, 0.29) is 0 Å². The van der Waals surface area contributed by atoms with Crippen LogP contribution in [0.2, 0.25) is 0 Å². The molecule has 0 amide bonds. The average molecular weight is 325 g/mol. The number of benzene rings is 1. The van der Waals surface area contributed by atoms with E-state index in [2.05, 4.69) is 27.4 Å². The molecule has 2 heterocycles. The molecule has 1 aromatic carbocycles. The van der Waals surface area contributed by atoms with Crippen LogP contribution in [0.15, 0.2) is 36.5 Å². The highest BCUT2D eigenvalue weighted by Gasteiger charge is 2.09. The summed E-state index contributed by atoms with van der Waals surface area (Å²) in [4.78, 5) is 7.66. The first-order valence-electron chi connectivity index (χ1n) is 8.10. The molecule has 5 nitrogen and oxygen atoms in total. The maximum Gasteiger partial charge on any atom is 0.131 e. The first-order valence-corrected chi connectivity index (χ1v) is 8.10. The van der Waals surface area contributed by atoms with Gasteiger partial charge >= 0.3 is 0 Å². The van der Waals surface area contributed by atoms with E-state index in [0.717, 1.165) is 53.2 Å². The van der Waals surface area contributed by atoms with E-state index in [1.54, 1.807) is 14.2 Å². The van der Waals surface area contributed by atoms with Crippen LogP contribution in [-0.4, -0.2) is 30.7 Å². The number of hydrogen-bond acceptors (Lipinski definition) is 4. The van der Waals surface area contributed by atoms with Crippen molar-refractivity contribution < 1.29 is 9.47 Å². The van der Waals surface area contributed by atoms with E-state index in [0.29, 0.717) is 0 Å². The number of methoxy groups -OCH3 is 2. The van der Waals surface area contributed by atoms with Gasteiger partial charge in [0.15, 0.2) is 0 Å². The van der Waals surface area contributed by atoms with E-state index in [1.165, 1.54) is 5.69 Å². The van der Waals surface area contributed by atoms with E-state index in [9.17, 15) is 0 Å². The molecule has 0 atom stereocenters. The fourth-order valence-electron chi connectivity index (χ4n) is 2.83. The predicted molar refractivity (Wildman–Crippen MR) is 97.2 cm³/mol. The lowest BCUT2D eigenvalue weighted by molar-refractivity contribution is 0.398. The Morgan fingerprint density at radius 3 is 2.75 bits per heavy atom. The van der Waals surface area contributed by atoms with Crippen molar-refractivity contribution in [2.24, 2.45) is 0 Å². The zero-order valence-electron chi connectivity index (χ0n) is 14.3. The molecule has 0 fully saturated rings. The van der Waals surface area contributed by atoms with Gasteiger partial charge in [0.05, 0.1) is 19.7 Å². The summed E-state index contributed by atoms with van der Waals surface area (Å²) < 4.78 is 10.8. The Bertz CT molecular complexity index is 827. The minimum Gasteiger partial charge on any atom is -0.497 e. The summed E-state index contributed by atoms with van der Waals surface area (Å²) in [5, 5.41) is 4.52. The molecule has 2 N–H and O–H groups in total. The van der Waals surface area contributed by atoms with E-state index >= 15 is 0 Å². The number of anilines is 1. The lowest BCUT2D eigenvalue weighted by atomic mass is 10.2. The summed E-state index contributed by atoms with van der Waals surface area (Å²) in [6, 6.07) is 10.1. The Morgan fingerprint density at radius 1 is 1.12 bits per heavy atom. The van der Waals surface area contributed by atoms with E-state index in [1.807, 2.05) is 31.3 Å². The maximum absolute atomic E-state index is 5.46. The van der Waals surface area contributed by atoms with Crippen LogP contribution >= 0.6 is 0 Å². The van der Waals surface area contributed by atoms with Crippen molar-refractivity contribution >= 4 is 16.6 Å². The van der Waals surface area contributed by atoms with Gasteiger partial charge in [-0.25, -0.2) is 0 Å². The Hall–Kier alpha value is -2.69. The van der Waals surface area contributed by atoms with Crippen molar-refractivity contribution in [2.75, 3.05) is 26.1 Å². The molecule has 0 bridgehead atoms. The van der Waals surface area contributed by atoms with Crippen molar-refractivity contribution in [2.45, 2.75) is 19.8 Å². The Balaban J connectivity index is 1.63. The molecule has 2 aromatic heterocycles. The van der Waals surface area contributed by atoms with Gasteiger partial charge in [-0.2, -0.15) is 0 Å². The summed E-state index contributed by atoms with van der Waals surface area (Å²) in [6.45, 7) is 2.91. The first-order chi connectivity index (χ1) is 11.7. The number of aryl methyl sites for hydroxylation is 2. The van der Waals surface area contributed by atoms with Crippen molar-refractivity contribution in [1.82, 2.24) is 9.97 Å². The molecule has 24 heavy (non-hydrogen) atoms. The quantitative estimate of drug-likeness (QED) is 0.646. The molecule has 3 rings (SSSR count). The molecule has 5 heteroatoms. The summed E-state index contributed by atoms with van der Waals surface area (Å²) in [7, 11) is 3.35. The second kappa shape index (κ2) is 7.25. The van der Waals surface area contributed by atoms with Gasteiger partial charge in [-0.15, -0.1) is 0 Å². The highest BCUT2D eigenvalue weighted by molar-refractivity contribution is 5.88. The second-order valence-electron chi connectivity index (χ2n) is 5.80. The number of rotatable bonds is 7. The molecule has 0 radical (unpaired) electrons. The summed E-state index contributed by atoms with van der Waals surface area (Å²) in [6.07, 6.45) is 3.83. The lowest BCUT2D eigenvalue weighted by Gasteiger charge is -2.06. The van der Waals surface area contributed by atoms with Gasteiger partial charge < -0.3 is 19.8 Å². The highest BCUT2D eigenvalue weighted by Crippen LogP contribution is 2.31. The zero-order valence-corrected chi connectivity index (χ0v) is 14.3. The molecular weight excluding hydrogens is 302 g/mol. The minimum absolute atomic E-state index is 0.794. The summed E-state index contributed by atoms with van der Waals surface area (Å²) >= 11 is 0. The normalized spacial score (nSPS) is 10.8. The van der Waals surface area contributed by atoms with Gasteiger partial charge in [-0.1, -0.05) is 0 Å². The third-order valence-corrected chi connectivity index (χ3v) is 4.03. The lowest BCUT2D eigenvalue weighted by Crippen LogP contribution is -2.03. The smallest absolute Gasteiger partial charge is 0.131 e. The number of nitrogens with zero attached hydrogens (tertiary/aromatic N) is 1. The largest absolute Gasteiger partial charge is 0.497 e. The number of fused-ring (bicyclic) bond motifs is 1. The minimum atomic E-state index is 0.794. The van der Waals surface area contributed by atoms with Gasteiger partial charge in [0, 0.05) is 47.3 Å². The standard InChI is InChI=1S/C19H23N3O2/c1-13-9-14(6-8-20-13)21-7-4-5-15-10-17-18(22-15)11-16(23-2)12-19(17)24-3/h6,8-12,22H,4-5,7H2,1-3H3,(H,20,21). The van der Waals surface area contributed by atoms with E-state index < -0.39 is 0 Å². The second-order valence-corrected chi connectivity index (χ2v) is 5.80. The number of hydrogen-bond donors (Lipinski definition) is 2. The number of aromatic nitrogens is 2. The first kappa shape index (κ1) is 16.2. The van der Waals surface area contributed by atoms with Crippen molar-refractivity contribution in [3.63, 3.8) is 0 Å². The van der Waals surface area contributed by atoms with Crippen LogP contribution in [0.1, 0.15) is 17.8 Å². The van der Waals surface area contributed by atoms with Gasteiger partial charge in [-0.05, 0) is 38.0 Å². The molecular formula is C19H23N3O2. The predicted octanol–water partition coefficient (Wildman–Crippen LogP) is 3.93. The van der Waals surface area contributed by atoms with Crippen LogP contribution in [0.25, 0.3) is 10.9 Å². The average Bonchev–Trinajstić information content (AvgIpc) is 3.00. The summed E-state index contributed by atoms with van der Waals surface area (Å²) in [5.74, 6) is 1.62. The number of aromatic amines is 1. The number of ether oxygens (including phenoxy) is 2. The Kier molecular flexibility index (Phi) is 4.89. The van der Waals surface area contributed by atoms with Crippen molar-refractivity contribution in [3.05, 3.63) is 47.9 Å². The Morgan fingerprint density at radius 2 is 2.00 bits per heavy atom. The maximum atomic E-state index is 5.46. The molecule has 0 saturated carbocycles. The molecule has 0 saturated heterocycles.